The zero-order valence-corrected chi connectivity index (χ0v) is 10.6. The molecule has 0 aliphatic heterocycles. The van der Waals surface area contributed by atoms with E-state index in [4.69, 9.17) is 14.7 Å². The van der Waals surface area contributed by atoms with Crippen LogP contribution in [0.25, 0.3) is 0 Å². The monoisotopic (exact) mass is 236 g/mol. The molecule has 0 radical (unpaired) electrons. The first kappa shape index (κ1) is 23.5. The predicted octanol–water partition coefficient (Wildman–Crippen LogP) is -0.185. The third kappa shape index (κ3) is 66.2. The molecule has 0 aliphatic carbocycles. The highest BCUT2D eigenvalue weighted by atomic mass is 31.1. The van der Waals surface area contributed by atoms with Crippen molar-refractivity contribution in [1.29, 1.82) is 0 Å². The molecule has 0 aromatic rings. The molecule has 0 aliphatic rings. The van der Waals surface area contributed by atoms with Crippen molar-refractivity contribution < 1.29 is 24.9 Å². The van der Waals surface area contributed by atoms with Crippen molar-refractivity contribution >= 4 is 18.0 Å². The van der Waals surface area contributed by atoms with Crippen molar-refractivity contribution in [2.75, 3.05) is 33.5 Å². The molecule has 4 N–H and O–H groups in total. The first-order chi connectivity index (χ1) is 5.83. The van der Waals surface area contributed by atoms with Gasteiger partial charge in [0.2, 0.25) is 0 Å². The Morgan fingerprint density at radius 3 is 2.00 bits per heavy atom. The van der Waals surface area contributed by atoms with Crippen LogP contribution in [-0.2, 0) is 9.47 Å². The van der Waals surface area contributed by atoms with Crippen molar-refractivity contribution in [1.82, 2.24) is 0 Å². The fourth-order valence-corrected chi connectivity index (χ4v) is 0.515. The maximum atomic E-state index is 7.57. The van der Waals surface area contributed by atoms with Crippen LogP contribution in [0.1, 0.15) is 6.92 Å². The van der Waals surface area contributed by atoms with E-state index in [0.29, 0.717) is 6.79 Å². The van der Waals surface area contributed by atoms with Gasteiger partial charge in [-0.25, -0.2) is 0 Å². The second kappa shape index (κ2) is 38.8. The molecular weight excluding hydrogens is 214 g/mol. The van der Waals surface area contributed by atoms with Crippen molar-refractivity contribution in [2.45, 2.75) is 6.92 Å². The number of methoxy groups -OCH3 is 1. The molecule has 0 bridgehead atoms. The summed E-state index contributed by atoms with van der Waals surface area (Å²) in [6.07, 6.45) is 0.827. The molecule has 0 fully saturated rings. The summed E-state index contributed by atoms with van der Waals surface area (Å²) in [5.74, 6) is 0. The molecule has 7 heteroatoms. The van der Waals surface area contributed by atoms with E-state index in [2.05, 4.69) is 11.4 Å². The van der Waals surface area contributed by atoms with Crippen LogP contribution >= 0.6 is 18.0 Å². The number of hydrogen-bond donors (Lipinski definition) is 2. The maximum absolute atomic E-state index is 7.57. The topological polar surface area (TPSA) is 90.4 Å². The Hall–Kier alpha value is 0.660. The van der Waals surface area contributed by atoms with Crippen LogP contribution in [-0.4, -0.2) is 49.0 Å². The van der Waals surface area contributed by atoms with Crippen molar-refractivity contribution in [3.05, 3.63) is 0 Å². The molecule has 2 atom stereocenters. The molecular formula is C6H22O5P2. The lowest BCUT2D eigenvalue weighted by Gasteiger charge is -1.96. The Morgan fingerprint density at radius 2 is 1.77 bits per heavy atom. The van der Waals surface area contributed by atoms with Crippen LogP contribution in [0.15, 0.2) is 0 Å². The highest BCUT2D eigenvalue weighted by Gasteiger charge is 1.76. The predicted molar refractivity (Wildman–Crippen MR) is 60.4 cm³/mol. The summed E-state index contributed by atoms with van der Waals surface area (Å²) >= 11 is 0. The average molecular weight is 236 g/mol. The standard InChI is InChI=1S/C4H11O2P.C2H6O.H3OP.H2O/c1-5-3-6-4-7-2;1-2-3;1-2;/h7H,3-4H2,1-2H3;3H,2H2,1H3;1H,2H2;1H2. The minimum atomic E-state index is 0. The first-order valence-electron chi connectivity index (χ1n) is 3.41. The third-order valence-electron chi connectivity index (χ3n) is 0.448. The van der Waals surface area contributed by atoms with Gasteiger partial charge in [0.1, 0.15) is 6.79 Å². The van der Waals surface area contributed by atoms with Crippen molar-refractivity contribution in [2.24, 2.45) is 0 Å². The summed E-state index contributed by atoms with van der Waals surface area (Å²) < 4.78 is 9.55. The van der Waals surface area contributed by atoms with E-state index in [1.54, 1.807) is 14.0 Å². The van der Waals surface area contributed by atoms with Gasteiger partial charge in [-0.1, -0.05) is 8.58 Å². The lowest BCUT2D eigenvalue weighted by molar-refractivity contribution is -0.0104. The Kier molecular flexibility index (Phi) is 70.0. The lowest BCUT2D eigenvalue weighted by atomic mass is 10.9. The average Bonchev–Trinajstić information content (AvgIpc) is 2.11. The van der Waals surface area contributed by atoms with Gasteiger partial charge < -0.3 is 24.9 Å². The minimum Gasteiger partial charge on any atom is -0.412 e. The Balaban J connectivity index is -0.0000000581. The molecule has 0 spiro atoms. The third-order valence-corrected chi connectivity index (χ3v) is 0.940. The molecule has 0 saturated heterocycles. The lowest BCUT2D eigenvalue weighted by Crippen LogP contribution is -1.92. The quantitative estimate of drug-likeness (QED) is 0.402. The van der Waals surface area contributed by atoms with Crippen LogP contribution < -0.4 is 0 Å². The summed E-state index contributed by atoms with van der Waals surface area (Å²) in [5.41, 5.74) is 0. The molecule has 0 aromatic carbocycles. The van der Waals surface area contributed by atoms with Gasteiger partial charge >= 0.3 is 0 Å². The van der Waals surface area contributed by atoms with Crippen LogP contribution in [0.2, 0.25) is 0 Å². The number of hydrogen-bond acceptors (Lipinski definition) is 4. The largest absolute Gasteiger partial charge is 0.412 e. The number of aliphatic hydroxyl groups excluding tert-OH is 1. The van der Waals surface area contributed by atoms with Crippen LogP contribution in [0.4, 0.5) is 0 Å². The van der Waals surface area contributed by atoms with E-state index in [1.165, 1.54) is 9.47 Å². The number of ether oxygens (including phenoxy) is 2. The maximum Gasteiger partial charge on any atom is 0.146 e. The fraction of sp³-hybridized carbons (Fsp3) is 1.00. The second-order valence-corrected chi connectivity index (χ2v) is 2.42. The molecule has 0 rings (SSSR count). The zero-order valence-electron chi connectivity index (χ0n) is 8.41. The molecule has 0 heterocycles. The van der Waals surface area contributed by atoms with Gasteiger partial charge in [-0.15, -0.1) is 0 Å². The Bertz CT molecular complexity index is 46.0. The zero-order chi connectivity index (χ0) is 10.2. The number of aliphatic hydroxyl groups is 1. The van der Waals surface area contributed by atoms with E-state index >= 15 is 0 Å². The van der Waals surface area contributed by atoms with Crippen LogP contribution in [0.5, 0.6) is 0 Å². The summed E-state index contributed by atoms with van der Waals surface area (Å²) in [4.78, 5) is 6.92. The first-order valence-corrected chi connectivity index (χ1v) is 5.63. The minimum absolute atomic E-state index is 0. The van der Waals surface area contributed by atoms with E-state index < -0.39 is 0 Å². The highest BCUT2D eigenvalue weighted by molar-refractivity contribution is 7.36. The van der Waals surface area contributed by atoms with Crippen molar-refractivity contribution in [3.63, 3.8) is 0 Å². The summed E-state index contributed by atoms with van der Waals surface area (Å²) in [5, 5.41) is 7.57. The summed E-state index contributed by atoms with van der Waals surface area (Å²) in [7, 11) is 3.91. The normalized spacial score (nSPS) is 7.85. The summed E-state index contributed by atoms with van der Waals surface area (Å²) in [6, 6.07) is 0. The van der Waals surface area contributed by atoms with Gasteiger partial charge in [0.05, 0.1) is 6.35 Å². The van der Waals surface area contributed by atoms with E-state index in [-0.39, 0.29) is 12.1 Å². The summed E-state index contributed by atoms with van der Waals surface area (Å²) in [6.45, 7) is 4.45. The van der Waals surface area contributed by atoms with Crippen LogP contribution in [0, 0.1) is 0 Å². The molecule has 5 nitrogen and oxygen atoms in total. The molecule has 86 valence electrons. The molecule has 0 amide bonds. The van der Waals surface area contributed by atoms with Gasteiger partial charge in [0.15, 0.2) is 0 Å². The molecule has 2 unspecified atom stereocenters. The SMILES string of the molecule is CCO.COCOCPC.O.OP. The second-order valence-electron chi connectivity index (χ2n) is 1.42. The molecule has 0 aromatic heterocycles. The highest BCUT2D eigenvalue weighted by Crippen LogP contribution is 1.99. The van der Waals surface area contributed by atoms with Crippen LogP contribution in [0.3, 0.4) is 0 Å². The number of rotatable bonds is 4. The molecule has 13 heavy (non-hydrogen) atoms. The van der Waals surface area contributed by atoms with Crippen molar-refractivity contribution in [3.8, 4) is 0 Å². The van der Waals surface area contributed by atoms with Gasteiger partial charge in [-0.3, -0.25) is 0 Å². The fourth-order valence-electron chi connectivity index (χ4n) is 0.227. The van der Waals surface area contributed by atoms with E-state index in [1.807, 2.05) is 0 Å². The molecule has 0 saturated carbocycles. The van der Waals surface area contributed by atoms with Gasteiger partial charge in [-0.2, -0.15) is 0 Å². The van der Waals surface area contributed by atoms with Gasteiger partial charge in [0.25, 0.3) is 0 Å². The Labute approximate surface area is 84.2 Å². The van der Waals surface area contributed by atoms with Gasteiger partial charge in [-0.05, 0) is 23.1 Å². The Morgan fingerprint density at radius 1 is 1.38 bits per heavy atom. The van der Waals surface area contributed by atoms with E-state index in [9.17, 15) is 0 Å². The van der Waals surface area contributed by atoms with E-state index in [0.717, 1.165) is 14.9 Å². The van der Waals surface area contributed by atoms with Gasteiger partial charge in [0, 0.05) is 13.7 Å². The smallest absolute Gasteiger partial charge is 0.146 e.